The number of nitrogens with one attached hydrogen (secondary N) is 1. The van der Waals surface area contributed by atoms with Gasteiger partial charge in [0.05, 0.1) is 0 Å². The van der Waals surface area contributed by atoms with E-state index in [1.54, 1.807) is 11.0 Å². The van der Waals surface area contributed by atoms with E-state index in [9.17, 15) is 9.18 Å². The zero-order valence-electron chi connectivity index (χ0n) is 10.4. The van der Waals surface area contributed by atoms with Gasteiger partial charge in [0.15, 0.2) is 0 Å². The van der Waals surface area contributed by atoms with Crippen molar-refractivity contribution >= 4 is 17.4 Å². The molecule has 1 fully saturated rings. The van der Waals surface area contributed by atoms with E-state index >= 15 is 0 Å². The van der Waals surface area contributed by atoms with Gasteiger partial charge in [-0.1, -0.05) is 6.92 Å². The van der Waals surface area contributed by atoms with E-state index in [2.05, 4.69) is 12.2 Å². The molecule has 0 aliphatic carbocycles. The molecule has 4 nitrogen and oxygen atoms in total. The lowest BCUT2D eigenvalue weighted by molar-refractivity contribution is 0.182. The van der Waals surface area contributed by atoms with Crippen molar-refractivity contribution in [2.24, 2.45) is 5.92 Å². The lowest BCUT2D eigenvalue weighted by atomic mass is 10.0. The smallest absolute Gasteiger partial charge is 0.321 e. The Hall–Kier alpha value is -1.78. The van der Waals surface area contributed by atoms with Gasteiger partial charge in [0.1, 0.15) is 5.82 Å². The molecule has 1 unspecified atom stereocenters. The summed E-state index contributed by atoms with van der Waals surface area (Å²) < 4.78 is 13.1. The maximum Gasteiger partial charge on any atom is 0.321 e. The summed E-state index contributed by atoms with van der Waals surface area (Å²) in [4.78, 5) is 13.7. The van der Waals surface area contributed by atoms with Crippen LogP contribution in [0.4, 0.5) is 20.6 Å². The molecule has 1 aromatic rings. The molecule has 1 saturated heterocycles. The quantitative estimate of drug-likeness (QED) is 0.754. The third-order valence-corrected chi connectivity index (χ3v) is 3.12. The maximum atomic E-state index is 13.1. The number of halogens is 1. The summed E-state index contributed by atoms with van der Waals surface area (Å²) >= 11 is 0. The van der Waals surface area contributed by atoms with Crippen LogP contribution in [0.1, 0.15) is 19.8 Å². The molecular formula is C13H18FN3O. The summed E-state index contributed by atoms with van der Waals surface area (Å²) in [5.41, 5.74) is 6.23. The lowest BCUT2D eigenvalue weighted by Gasteiger charge is -2.30. The predicted octanol–water partition coefficient (Wildman–Crippen LogP) is 2.67. The molecule has 2 amide bonds. The number of amides is 2. The Labute approximate surface area is 106 Å². The molecule has 0 saturated carbocycles. The Kier molecular flexibility index (Phi) is 3.69. The highest BCUT2D eigenvalue weighted by Crippen LogP contribution is 2.19. The highest BCUT2D eigenvalue weighted by Gasteiger charge is 2.20. The van der Waals surface area contributed by atoms with Crippen LogP contribution in [-0.2, 0) is 0 Å². The van der Waals surface area contributed by atoms with E-state index in [1.807, 2.05) is 0 Å². The molecule has 0 aromatic heterocycles. The zero-order valence-corrected chi connectivity index (χ0v) is 10.4. The van der Waals surface area contributed by atoms with Gasteiger partial charge in [0.25, 0.3) is 0 Å². The number of nitrogen functional groups attached to an aromatic ring is 1. The number of carbonyl (C=O) groups excluding carboxylic acids is 1. The van der Waals surface area contributed by atoms with E-state index < -0.39 is 5.82 Å². The highest BCUT2D eigenvalue weighted by atomic mass is 19.1. The minimum atomic E-state index is -0.447. The summed E-state index contributed by atoms with van der Waals surface area (Å²) in [6.07, 6.45) is 2.16. The number of urea groups is 1. The number of rotatable bonds is 1. The van der Waals surface area contributed by atoms with Crippen LogP contribution in [0, 0.1) is 11.7 Å². The molecule has 18 heavy (non-hydrogen) atoms. The fourth-order valence-electron chi connectivity index (χ4n) is 2.26. The van der Waals surface area contributed by atoms with Crippen LogP contribution in [0.25, 0.3) is 0 Å². The SMILES string of the molecule is CC1CCCN(C(=O)Nc2cc(N)cc(F)c2)C1. The van der Waals surface area contributed by atoms with Crippen LogP contribution in [0.3, 0.4) is 0 Å². The van der Waals surface area contributed by atoms with Gasteiger partial charge >= 0.3 is 6.03 Å². The fraction of sp³-hybridized carbons (Fsp3) is 0.462. The topological polar surface area (TPSA) is 58.4 Å². The molecule has 1 aliphatic heterocycles. The number of benzene rings is 1. The first-order valence-electron chi connectivity index (χ1n) is 6.16. The molecule has 5 heteroatoms. The van der Waals surface area contributed by atoms with Gasteiger partial charge in [-0.05, 0) is 37.0 Å². The van der Waals surface area contributed by atoms with Crippen molar-refractivity contribution in [2.75, 3.05) is 24.1 Å². The summed E-state index contributed by atoms with van der Waals surface area (Å²) in [6, 6.07) is 3.85. The van der Waals surface area contributed by atoms with Gasteiger partial charge in [0, 0.05) is 24.5 Å². The second-order valence-electron chi connectivity index (χ2n) is 4.90. The first-order chi connectivity index (χ1) is 8.54. The van der Waals surface area contributed by atoms with Crippen LogP contribution in [0.5, 0.6) is 0 Å². The third-order valence-electron chi connectivity index (χ3n) is 3.12. The van der Waals surface area contributed by atoms with Crippen LogP contribution >= 0.6 is 0 Å². The van der Waals surface area contributed by atoms with Crippen LogP contribution in [0.2, 0.25) is 0 Å². The maximum absolute atomic E-state index is 13.1. The molecule has 1 aromatic carbocycles. The zero-order chi connectivity index (χ0) is 13.1. The summed E-state index contributed by atoms with van der Waals surface area (Å²) in [7, 11) is 0. The van der Waals surface area contributed by atoms with Crippen molar-refractivity contribution in [3.05, 3.63) is 24.0 Å². The number of hydrogen-bond donors (Lipinski definition) is 2. The lowest BCUT2D eigenvalue weighted by Crippen LogP contribution is -2.41. The number of nitrogens with zero attached hydrogens (tertiary/aromatic N) is 1. The number of hydrogen-bond acceptors (Lipinski definition) is 2. The number of anilines is 2. The van der Waals surface area contributed by atoms with E-state index in [4.69, 9.17) is 5.73 Å². The second-order valence-corrected chi connectivity index (χ2v) is 4.90. The standard InChI is InChI=1S/C13H18FN3O/c1-9-3-2-4-17(8-9)13(18)16-12-6-10(14)5-11(15)7-12/h5-7,9H,2-4,8,15H2,1H3,(H,16,18). The molecule has 1 aliphatic rings. The number of nitrogens with two attached hydrogens (primary N) is 1. The molecule has 1 heterocycles. The molecule has 1 atom stereocenters. The van der Waals surface area contributed by atoms with Gasteiger partial charge in [-0.15, -0.1) is 0 Å². The van der Waals surface area contributed by atoms with Gasteiger partial charge in [-0.2, -0.15) is 0 Å². The van der Waals surface area contributed by atoms with E-state index in [0.29, 0.717) is 17.3 Å². The van der Waals surface area contributed by atoms with Gasteiger partial charge in [-0.3, -0.25) is 0 Å². The fourth-order valence-corrected chi connectivity index (χ4v) is 2.26. The Bertz CT molecular complexity index is 430. The van der Waals surface area contributed by atoms with Gasteiger partial charge < -0.3 is 16.0 Å². The monoisotopic (exact) mass is 251 g/mol. The normalized spacial score (nSPS) is 19.7. The predicted molar refractivity (Wildman–Crippen MR) is 69.8 cm³/mol. The van der Waals surface area contributed by atoms with Crippen molar-refractivity contribution < 1.29 is 9.18 Å². The number of piperidine rings is 1. The summed E-state index contributed by atoms with van der Waals surface area (Å²) in [5, 5.41) is 2.68. The molecule has 0 bridgehead atoms. The first-order valence-corrected chi connectivity index (χ1v) is 6.16. The average Bonchev–Trinajstić information content (AvgIpc) is 2.27. The van der Waals surface area contributed by atoms with Crippen molar-refractivity contribution in [1.29, 1.82) is 0 Å². The van der Waals surface area contributed by atoms with E-state index in [0.717, 1.165) is 25.9 Å². The molecule has 0 spiro atoms. The van der Waals surface area contributed by atoms with E-state index in [-0.39, 0.29) is 6.03 Å². The average molecular weight is 251 g/mol. The number of likely N-dealkylation sites (tertiary alicyclic amines) is 1. The van der Waals surface area contributed by atoms with Crippen molar-refractivity contribution in [3.8, 4) is 0 Å². The highest BCUT2D eigenvalue weighted by molar-refractivity contribution is 5.89. The Morgan fingerprint density at radius 2 is 2.28 bits per heavy atom. The first kappa shape index (κ1) is 12.7. The Morgan fingerprint density at radius 3 is 2.94 bits per heavy atom. The molecule has 3 N–H and O–H groups in total. The van der Waals surface area contributed by atoms with E-state index in [1.165, 1.54) is 12.1 Å². The Balaban J connectivity index is 2.02. The minimum absolute atomic E-state index is 0.188. The van der Waals surface area contributed by atoms with Crippen LogP contribution < -0.4 is 11.1 Å². The molecule has 0 radical (unpaired) electrons. The Morgan fingerprint density at radius 1 is 1.50 bits per heavy atom. The largest absolute Gasteiger partial charge is 0.399 e. The molecule has 98 valence electrons. The van der Waals surface area contributed by atoms with Crippen LogP contribution in [0.15, 0.2) is 18.2 Å². The van der Waals surface area contributed by atoms with Crippen molar-refractivity contribution in [2.45, 2.75) is 19.8 Å². The minimum Gasteiger partial charge on any atom is -0.399 e. The third kappa shape index (κ3) is 3.12. The summed E-state index contributed by atoms with van der Waals surface area (Å²) in [5.74, 6) is 0.0689. The molecule has 2 rings (SSSR count). The van der Waals surface area contributed by atoms with Crippen molar-refractivity contribution in [1.82, 2.24) is 4.90 Å². The molecular weight excluding hydrogens is 233 g/mol. The second kappa shape index (κ2) is 5.25. The van der Waals surface area contributed by atoms with Gasteiger partial charge in [-0.25, -0.2) is 9.18 Å². The van der Waals surface area contributed by atoms with Gasteiger partial charge in [0.2, 0.25) is 0 Å². The van der Waals surface area contributed by atoms with Crippen molar-refractivity contribution in [3.63, 3.8) is 0 Å². The summed E-state index contributed by atoms with van der Waals surface area (Å²) in [6.45, 7) is 3.62. The van der Waals surface area contributed by atoms with Crippen LogP contribution in [-0.4, -0.2) is 24.0 Å². The number of carbonyl (C=O) groups is 1.